The Hall–Kier alpha value is -2.66. The smallest absolute Gasteiger partial charge is 0.239 e. The summed E-state index contributed by atoms with van der Waals surface area (Å²) < 4.78 is 1.95. The SMILES string of the molecule is O=C(Cn1c2ccccc2c(=O)c2ccccc21)NCCCN1CCCCC1. The second-order valence-electron chi connectivity index (χ2n) is 7.56. The molecular weight excluding hydrogens is 350 g/mol. The van der Waals surface area contributed by atoms with E-state index in [1.165, 1.54) is 32.4 Å². The molecule has 5 nitrogen and oxygen atoms in total. The van der Waals surface area contributed by atoms with Crippen molar-refractivity contribution in [3.8, 4) is 0 Å². The number of amides is 1. The lowest BCUT2D eigenvalue weighted by atomic mass is 10.1. The second kappa shape index (κ2) is 8.57. The zero-order valence-corrected chi connectivity index (χ0v) is 16.2. The number of piperidine rings is 1. The molecule has 4 rings (SSSR count). The first kappa shape index (κ1) is 18.7. The summed E-state index contributed by atoms with van der Waals surface area (Å²) in [4.78, 5) is 27.9. The Kier molecular flexibility index (Phi) is 5.72. The first-order valence-electron chi connectivity index (χ1n) is 10.2. The number of nitrogens with zero attached hydrogens (tertiary/aromatic N) is 2. The van der Waals surface area contributed by atoms with Gasteiger partial charge in [-0.15, -0.1) is 0 Å². The molecule has 2 aromatic carbocycles. The van der Waals surface area contributed by atoms with Gasteiger partial charge in [-0.1, -0.05) is 30.7 Å². The summed E-state index contributed by atoms with van der Waals surface area (Å²) in [5, 5.41) is 4.35. The lowest BCUT2D eigenvalue weighted by Crippen LogP contribution is -2.34. The van der Waals surface area contributed by atoms with Crippen LogP contribution in [0.15, 0.2) is 53.3 Å². The summed E-state index contributed by atoms with van der Waals surface area (Å²) in [6.07, 6.45) is 4.89. The second-order valence-corrected chi connectivity index (χ2v) is 7.56. The molecule has 0 unspecified atom stereocenters. The minimum Gasteiger partial charge on any atom is -0.355 e. The molecule has 1 aromatic heterocycles. The summed E-state index contributed by atoms with van der Waals surface area (Å²) in [6.45, 7) is 4.31. The Labute approximate surface area is 165 Å². The quantitative estimate of drug-likeness (QED) is 0.530. The van der Waals surface area contributed by atoms with Crippen molar-refractivity contribution < 1.29 is 4.79 Å². The van der Waals surface area contributed by atoms with E-state index in [-0.39, 0.29) is 17.9 Å². The number of carbonyl (C=O) groups excluding carboxylic acids is 1. The van der Waals surface area contributed by atoms with E-state index < -0.39 is 0 Å². The summed E-state index contributed by atoms with van der Waals surface area (Å²) in [5.41, 5.74) is 1.62. The molecule has 0 bridgehead atoms. The van der Waals surface area contributed by atoms with Crippen LogP contribution in [0.1, 0.15) is 25.7 Å². The number of hydrogen-bond donors (Lipinski definition) is 1. The van der Waals surface area contributed by atoms with E-state index in [1.54, 1.807) is 0 Å². The Morgan fingerprint density at radius 2 is 1.50 bits per heavy atom. The summed E-state index contributed by atoms with van der Waals surface area (Å²) in [7, 11) is 0. The molecular formula is C23H27N3O2. The third kappa shape index (κ3) is 3.94. The van der Waals surface area contributed by atoms with Gasteiger partial charge >= 0.3 is 0 Å². The predicted molar refractivity (Wildman–Crippen MR) is 114 cm³/mol. The number of para-hydroxylation sites is 2. The zero-order valence-electron chi connectivity index (χ0n) is 16.2. The number of fused-ring (bicyclic) bond motifs is 2. The maximum absolute atomic E-state index is 12.8. The van der Waals surface area contributed by atoms with Crippen LogP contribution in [0, 0.1) is 0 Å². The van der Waals surface area contributed by atoms with Crippen LogP contribution < -0.4 is 10.7 Å². The molecule has 0 radical (unpaired) electrons. The van der Waals surface area contributed by atoms with Crippen molar-refractivity contribution >= 4 is 27.7 Å². The van der Waals surface area contributed by atoms with Gasteiger partial charge in [-0.2, -0.15) is 0 Å². The van der Waals surface area contributed by atoms with E-state index in [2.05, 4.69) is 10.2 Å². The fourth-order valence-corrected chi connectivity index (χ4v) is 4.16. The van der Waals surface area contributed by atoms with E-state index in [0.717, 1.165) is 24.0 Å². The molecule has 0 saturated carbocycles. The largest absolute Gasteiger partial charge is 0.355 e. The fourth-order valence-electron chi connectivity index (χ4n) is 4.16. The van der Waals surface area contributed by atoms with Crippen molar-refractivity contribution in [2.24, 2.45) is 0 Å². The van der Waals surface area contributed by atoms with Crippen molar-refractivity contribution in [3.63, 3.8) is 0 Å². The number of nitrogens with one attached hydrogen (secondary N) is 1. The van der Waals surface area contributed by atoms with Crippen molar-refractivity contribution in [1.29, 1.82) is 0 Å². The average Bonchev–Trinajstić information content (AvgIpc) is 2.75. The van der Waals surface area contributed by atoms with Crippen molar-refractivity contribution in [2.75, 3.05) is 26.2 Å². The van der Waals surface area contributed by atoms with Crippen LogP contribution >= 0.6 is 0 Å². The molecule has 0 aliphatic carbocycles. The maximum Gasteiger partial charge on any atom is 0.239 e. The molecule has 0 spiro atoms. The highest BCUT2D eigenvalue weighted by Crippen LogP contribution is 2.19. The van der Waals surface area contributed by atoms with Crippen LogP contribution in [0.4, 0.5) is 0 Å². The zero-order chi connectivity index (χ0) is 19.3. The molecule has 5 heteroatoms. The molecule has 1 saturated heterocycles. The number of pyridine rings is 1. The number of hydrogen-bond acceptors (Lipinski definition) is 3. The van der Waals surface area contributed by atoms with Crippen molar-refractivity contribution in [3.05, 3.63) is 58.8 Å². The molecule has 3 aromatic rings. The van der Waals surface area contributed by atoms with Crippen molar-refractivity contribution in [2.45, 2.75) is 32.2 Å². The molecule has 146 valence electrons. The monoisotopic (exact) mass is 377 g/mol. The lowest BCUT2D eigenvalue weighted by molar-refractivity contribution is -0.121. The van der Waals surface area contributed by atoms with Gasteiger partial charge < -0.3 is 14.8 Å². The molecule has 1 aliphatic heterocycles. The molecule has 28 heavy (non-hydrogen) atoms. The number of rotatable bonds is 6. The third-order valence-corrected chi connectivity index (χ3v) is 5.60. The van der Waals surface area contributed by atoms with Gasteiger partial charge in [0.2, 0.25) is 5.91 Å². The van der Waals surface area contributed by atoms with E-state index in [0.29, 0.717) is 17.3 Å². The van der Waals surface area contributed by atoms with Crippen molar-refractivity contribution in [1.82, 2.24) is 14.8 Å². The molecule has 1 N–H and O–H groups in total. The van der Waals surface area contributed by atoms with Crippen LogP contribution in [0.2, 0.25) is 0 Å². The number of aromatic nitrogens is 1. The van der Waals surface area contributed by atoms with Crippen LogP contribution in [0.3, 0.4) is 0 Å². The topological polar surface area (TPSA) is 54.3 Å². The Morgan fingerprint density at radius 1 is 0.893 bits per heavy atom. The molecule has 2 heterocycles. The lowest BCUT2D eigenvalue weighted by Gasteiger charge is -2.26. The normalized spacial score (nSPS) is 15.1. The van der Waals surface area contributed by atoms with Gasteiger partial charge in [-0.05, 0) is 63.2 Å². The molecule has 1 fully saturated rings. The van der Waals surface area contributed by atoms with E-state index >= 15 is 0 Å². The standard InChI is InChI=1S/C23H27N3O2/c27-22(24-13-8-16-25-14-6-1-7-15-25)17-26-20-11-4-2-9-18(20)23(28)19-10-3-5-12-21(19)26/h2-5,9-12H,1,6-8,13-17H2,(H,24,27). The number of benzene rings is 2. The van der Waals surface area contributed by atoms with Gasteiger partial charge in [-0.3, -0.25) is 9.59 Å². The van der Waals surface area contributed by atoms with Gasteiger partial charge in [0.1, 0.15) is 6.54 Å². The maximum atomic E-state index is 12.8. The van der Waals surface area contributed by atoms with Crippen LogP contribution in [-0.2, 0) is 11.3 Å². The minimum absolute atomic E-state index is 0.0161. The Bertz CT molecular complexity index is 975. The fraction of sp³-hybridized carbons (Fsp3) is 0.391. The molecule has 0 atom stereocenters. The molecule has 1 aliphatic rings. The number of likely N-dealkylation sites (tertiary alicyclic amines) is 1. The highest BCUT2D eigenvalue weighted by atomic mass is 16.2. The minimum atomic E-state index is -0.0161. The molecule has 1 amide bonds. The van der Waals surface area contributed by atoms with E-state index in [9.17, 15) is 9.59 Å². The van der Waals surface area contributed by atoms with E-state index in [1.807, 2.05) is 53.1 Å². The summed E-state index contributed by atoms with van der Waals surface area (Å²) >= 11 is 0. The first-order valence-corrected chi connectivity index (χ1v) is 10.2. The van der Waals surface area contributed by atoms with Gasteiger partial charge in [-0.25, -0.2) is 0 Å². The Morgan fingerprint density at radius 3 is 2.14 bits per heavy atom. The van der Waals surface area contributed by atoms with Gasteiger partial charge in [0.25, 0.3) is 0 Å². The third-order valence-electron chi connectivity index (χ3n) is 5.60. The van der Waals surface area contributed by atoms with Crippen LogP contribution in [0.25, 0.3) is 21.8 Å². The first-order chi connectivity index (χ1) is 13.7. The highest BCUT2D eigenvalue weighted by molar-refractivity contribution is 5.94. The van der Waals surface area contributed by atoms with E-state index in [4.69, 9.17) is 0 Å². The Balaban J connectivity index is 1.48. The summed E-state index contributed by atoms with van der Waals surface area (Å²) in [5.74, 6) is -0.0161. The van der Waals surface area contributed by atoms with Gasteiger partial charge in [0.15, 0.2) is 5.43 Å². The highest BCUT2D eigenvalue weighted by Gasteiger charge is 2.13. The number of carbonyl (C=O) groups is 1. The predicted octanol–water partition coefficient (Wildman–Crippen LogP) is 3.15. The van der Waals surface area contributed by atoms with Gasteiger partial charge in [0, 0.05) is 17.3 Å². The summed E-state index contributed by atoms with van der Waals surface area (Å²) in [6, 6.07) is 15.0. The van der Waals surface area contributed by atoms with Crippen LogP contribution in [0.5, 0.6) is 0 Å². The van der Waals surface area contributed by atoms with Crippen LogP contribution in [-0.4, -0.2) is 41.6 Å². The van der Waals surface area contributed by atoms with Gasteiger partial charge in [0.05, 0.1) is 11.0 Å². The average molecular weight is 377 g/mol.